The van der Waals surface area contributed by atoms with Crippen LogP contribution in [-0.2, 0) is 11.3 Å². The van der Waals surface area contributed by atoms with Gasteiger partial charge < -0.3 is 23.5 Å². The van der Waals surface area contributed by atoms with Gasteiger partial charge in [-0.25, -0.2) is 9.98 Å². The first-order chi connectivity index (χ1) is 15.2. The van der Waals surface area contributed by atoms with E-state index in [1.807, 2.05) is 30.3 Å². The third-order valence-electron chi connectivity index (χ3n) is 5.39. The highest BCUT2D eigenvalue weighted by Gasteiger charge is 2.15. The highest BCUT2D eigenvalue weighted by atomic mass is 16.5. The molecule has 2 aromatic carbocycles. The van der Waals surface area contributed by atoms with Crippen molar-refractivity contribution in [1.82, 2.24) is 14.5 Å². The van der Waals surface area contributed by atoms with E-state index in [0.29, 0.717) is 23.2 Å². The number of nitrogens with zero attached hydrogens (tertiary/aromatic N) is 4. The standard InChI is InChI=1S/C23H28N4O4/c1-28-20-14-17(15-21(29-2)22(20)30-3)16-24-23-25-18-6-4-5-7-19(18)27(23)9-8-26-10-12-31-13-11-26/h4-7,14-16H,8-13H2,1-3H3. The zero-order valence-corrected chi connectivity index (χ0v) is 18.2. The minimum absolute atomic E-state index is 0.555. The quantitative estimate of drug-likeness (QED) is 0.518. The summed E-state index contributed by atoms with van der Waals surface area (Å²) in [6.45, 7) is 5.22. The second-order valence-electron chi connectivity index (χ2n) is 7.22. The number of hydrogen-bond donors (Lipinski definition) is 0. The van der Waals surface area contributed by atoms with Gasteiger partial charge in [0.1, 0.15) is 0 Å². The molecule has 0 radical (unpaired) electrons. The predicted octanol–water partition coefficient (Wildman–Crippen LogP) is 3.14. The van der Waals surface area contributed by atoms with Crippen molar-refractivity contribution in [1.29, 1.82) is 0 Å². The number of morpholine rings is 1. The van der Waals surface area contributed by atoms with E-state index in [2.05, 4.69) is 15.5 Å². The maximum atomic E-state index is 5.46. The van der Waals surface area contributed by atoms with Gasteiger partial charge in [-0.05, 0) is 24.3 Å². The van der Waals surface area contributed by atoms with E-state index in [1.165, 1.54) is 0 Å². The van der Waals surface area contributed by atoms with Crippen LogP contribution in [-0.4, -0.2) is 74.8 Å². The van der Waals surface area contributed by atoms with Crippen LogP contribution in [0.1, 0.15) is 5.56 Å². The molecule has 3 aromatic rings. The van der Waals surface area contributed by atoms with Crippen molar-refractivity contribution in [3.8, 4) is 17.2 Å². The molecule has 0 spiro atoms. The van der Waals surface area contributed by atoms with Crippen LogP contribution in [0.15, 0.2) is 41.4 Å². The van der Waals surface area contributed by atoms with E-state index in [9.17, 15) is 0 Å². The van der Waals surface area contributed by atoms with Gasteiger partial charge >= 0.3 is 0 Å². The van der Waals surface area contributed by atoms with E-state index in [0.717, 1.165) is 56.0 Å². The van der Waals surface area contributed by atoms with Crippen molar-refractivity contribution in [3.05, 3.63) is 42.0 Å². The number of ether oxygens (including phenoxy) is 4. The number of methoxy groups -OCH3 is 3. The minimum Gasteiger partial charge on any atom is -0.493 e. The van der Waals surface area contributed by atoms with Crippen LogP contribution in [0.5, 0.6) is 17.2 Å². The molecule has 0 aliphatic carbocycles. The molecular formula is C23H28N4O4. The maximum Gasteiger partial charge on any atom is 0.230 e. The average Bonchev–Trinajstić information content (AvgIpc) is 3.18. The summed E-state index contributed by atoms with van der Waals surface area (Å²) in [5, 5.41) is 0. The zero-order chi connectivity index (χ0) is 21.6. The normalized spacial score (nSPS) is 14.9. The van der Waals surface area contributed by atoms with Gasteiger partial charge in [0.25, 0.3) is 0 Å². The Morgan fingerprint density at radius 3 is 2.39 bits per heavy atom. The van der Waals surface area contributed by atoms with Crippen molar-refractivity contribution >= 4 is 23.2 Å². The molecule has 0 atom stereocenters. The summed E-state index contributed by atoms with van der Waals surface area (Å²) in [5.41, 5.74) is 2.84. The monoisotopic (exact) mass is 424 g/mol. The number of aromatic nitrogens is 2. The lowest BCUT2D eigenvalue weighted by Crippen LogP contribution is -2.38. The fourth-order valence-electron chi connectivity index (χ4n) is 3.76. The molecule has 8 nitrogen and oxygen atoms in total. The van der Waals surface area contributed by atoms with Crippen LogP contribution in [0.25, 0.3) is 11.0 Å². The second kappa shape index (κ2) is 9.80. The largest absolute Gasteiger partial charge is 0.493 e. The first kappa shape index (κ1) is 21.1. The van der Waals surface area contributed by atoms with Gasteiger partial charge in [0.15, 0.2) is 11.5 Å². The van der Waals surface area contributed by atoms with Gasteiger partial charge in [-0.2, -0.15) is 0 Å². The van der Waals surface area contributed by atoms with Crippen molar-refractivity contribution in [2.75, 3.05) is 54.2 Å². The third kappa shape index (κ3) is 4.65. The van der Waals surface area contributed by atoms with Crippen LogP contribution in [0.2, 0.25) is 0 Å². The lowest BCUT2D eigenvalue weighted by Gasteiger charge is -2.26. The summed E-state index contributed by atoms with van der Waals surface area (Å²) in [6, 6.07) is 11.9. The fraction of sp³-hybridized carbons (Fsp3) is 0.391. The molecule has 0 unspecified atom stereocenters. The van der Waals surface area contributed by atoms with Crippen molar-refractivity contribution in [2.45, 2.75) is 6.54 Å². The average molecular weight is 425 g/mol. The Balaban J connectivity index is 1.64. The van der Waals surface area contributed by atoms with Crippen LogP contribution in [0, 0.1) is 0 Å². The number of para-hydroxylation sites is 2. The third-order valence-corrected chi connectivity index (χ3v) is 5.39. The van der Waals surface area contributed by atoms with Gasteiger partial charge in [-0.1, -0.05) is 12.1 Å². The number of imidazole rings is 1. The fourth-order valence-corrected chi connectivity index (χ4v) is 3.76. The highest BCUT2D eigenvalue weighted by Crippen LogP contribution is 2.37. The Labute approximate surface area is 182 Å². The molecule has 4 rings (SSSR count). The molecule has 31 heavy (non-hydrogen) atoms. The van der Waals surface area contributed by atoms with Crippen LogP contribution < -0.4 is 14.2 Å². The van der Waals surface area contributed by atoms with Gasteiger partial charge in [-0.3, -0.25) is 4.90 Å². The molecule has 8 heteroatoms. The molecule has 0 N–H and O–H groups in total. The lowest BCUT2D eigenvalue weighted by atomic mass is 10.2. The topological polar surface area (TPSA) is 70.3 Å². The van der Waals surface area contributed by atoms with Gasteiger partial charge in [0.2, 0.25) is 11.7 Å². The number of hydrogen-bond acceptors (Lipinski definition) is 7. The Morgan fingerprint density at radius 2 is 1.71 bits per heavy atom. The molecule has 2 heterocycles. The van der Waals surface area contributed by atoms with Crippen molar-refractivity contribution in [3.63, 3.8) is 0 Å². The Bertz CT molecular complexity index is 1030. The molecule has 1 saturated heterocycles. The minimum atomic E-state index is 0.555. The highest BCUT2D eigenvalue weighted by molar-refractivity contribution is 5.85. The Morgan fingerprint density at radius 1 is 1.00 bits per heavy atom. The van der Waals surface area contributed by atoms with Crippen LogP contribution in [0.4, 0.5) is 5.95 Å². The molecule has 0 amide bonds. The molecule has 164 valence electrons. The Kier molecular flexibility index (Phi) is 6.69. The first-order valence-corrected chi connectivity index (χ1v) is 10.3. The molecular weight excluding hydrogens is 396 g/mol. The van der Waals surface area contributed by atoms with E-state index >= 15 is 0 Å². The summed E-state index contributed by atoms with van der Waals surface area (Å²) in [7, 11) is 4.79. The first-order valence-electron chi connectivity index (χ1n) is 10.3. The zero-order valence-electron chi connectivity index (χ0n) is 18.2. The van der Waals surface area contributed by atoms with Crippen LogP contribution in [0.3, 0.4) is 0 Å². The summed E-state index contributed by atoms with van der Waals surface area (Å²) in [5.74, 6) is 2.40. The van der Waals surface area contributed by atoms with E-state index in [1.54, 1.807) is 27.5 Å². The maximum absolute atomic E-state index is 5.46. The molecule has 1 aromatic heterocycles. The number of fused-ring (bicyclic) bond motifs is 1. The molecule has 1 aliphatic heterocycles. The number of benzene rings is 2. The van der Waals surface area contributed by atoms with E-state index in [4.69, 9.17) is 28.9 Å². The molecule has 1 aliphatic rings. The molecule has 0 saturated carbocycles. The van der Waals surface area contributed by atoms with Gasteiger partial charge in [0.05, 0.1) is 45.6 Å². The lowest BCUT2D eigenvalue weighted by molar-refractivity contribution is 0.0366. The summed E-state index contributed by atoms with van der Waals surface area (Å²) in [6.07, 6.45) is 1.77. The predicted molar refractivity (Wildman–Crippen MR) is 120 cm³/mol. The number of rotatable bonds is 8. The van der Waals surface area contributed by atoms with Gasteiger partial charge in [0, 0.05) is 38.0 Å². The van der Waals surface area contributed by atoms with Crippen LogP contribution >= 0.6 is 0 Å². The SMILES string of the molecule is COc1cc(C=Nc2nc3ccccc3n2CCN2CCOCC2)cc(OC)c1OC. The summed E-state index contributed by atoms with van der Waals surface area (Å²) < 4.78 is 23.9. The van der Waals surface area contributed by atoms with E-state index in [-0.39, 0.29) is 0 Å². The smallest absolute Gasteiger partial charge is 0.230 e. The van der Waals surface area contributed by atoms with Crippen molar-refractivity contribution < 1.29 is 18.9 Å². The summed E-state index contributed by atoms with van der Waals surface area (Å²) >= 11 is 0. The van der Waals surface area contributed by atoms with Crippen molar-refractivity contribution in [2.24, 2.45) is 4.99 Å². The van der Waals surface area contributed by atoms with Gasteiger partial charge in [-0.15, -0.1) is 0 Å². The Hall–Kier alpha value is -3.10. The summed E-state index contributed by atoms with van der Waals surface area (Å²) in [4.78, 5) is 11.9. The molecule has 1 fully saturated rings. The van der Waals surface area contributed by atoms with E-state index < -0.39 is 0 Å². The molecule has 0 bridgehead atoms. The second-order valence-corrected chi connectivity index (χ2v) is 7.22. The number of aliphatic imine (C=N–C) groups is 1.